The van der Waals surface area contributed by atoms with Crippen LogP contribution >= 0.6 is 0 Å². The molecule has 9 nitrogen and oxygen atoms in total. The third-order valence-electron chi connectivity index (χ3n) is 3.74. The van der Waals surface area contributed by atoms with E-state index in [1.807, 2.05) is 0 Å². The molecule has 0 spiro atoms. The highest BCUT2D eigenvalue weighted by molar-refractivity contribution is 5.96. The second kappa shape index (κ2) is 10.0. The van der Waals surface area contributed by atoms with Gasteiger partial charge in [-0.05, 0) is 24.6 Å². The molecule has 1 N–H and O–H groups in total. The van der Waals surface area contributed by atoms with Gasteiger partial charge < -0.3 is 19.5 Å². The smallest absolute Gasteiger partial charge is 0.345 e. The number of carbonyl (C=O) groups excluding carboxylic acids is 2. The van der Waals surface area contributed by atoms with Crippen molar-refractivity contribution in [3.8, 4) is 11.5 Å². The van der Waals surface area contributed by atoms with Crippen molar-refractivity contribution in [1.82, 2.24) is 5.32 Å². The van der Waals surface area contributed by atoms with Gasteiger partial charge in [0.25, 0.3) is 11.6 Å². The molecular formula is C19H19FN2O7. The highest BCUT2D eigenvalue weighted by Gasteiger charge is 2.26. The fourth-order valence-electron chi connectivity index (χ4n) is 2.35. The van der Waals surface area contributed by atoms with E-state index < -0.39 is 34.9 Å². The molecule has 0 aliphatic carbocycles. The van der Waals surface area contributed by atoms with Gasteiger partial charge >= 0.3 is 5.97 Å². The molecule has 0 unspecified atom stereocenters. The Hall–Kier alpha value is -3.69. The summed E-state index contributed by atoms with van der Waals surface area (Å²) in [6, 6.07) is 7.69. The van der Waals surface area contributed by atoms with Crippen LogP contribution in [-0.2, 0) is 16.1 Å². The maximum atomic E-state index is 12.9. The number of nitro benzene ring substituents is 1. The van der Waals surface area contributed by atoms with E-state index in [1.54, 1.807) is 6.92 Å². The Kier molecular flexibility index (Phi) is 7.47. The van der Waals surface area contributed by atoms with E-state index in [0.29, 0.717) is 5.56 Å². The van der Waals surface area contributed by atoms with Crippen LogP contribution in [0.3, 0.4) is 0 Å². The predicted molar refractivity (Wildman–Crippen MR) is 99.3 cm³/mol. The van der Waals surface area contributed by atoms with E-state index >= 15 is 0 Å². The van der Waals surface area contributed by atoms with Gasteiger partial charge in [0.2, 0.25) is 0 Å². The minimum atomic E-state index is -1.06. The molecule has 0 bridgehead atoms. The Morgan fingerprint density at radius 1 is 1.17 bits per heavy atom. The Balaban J connectivity index is 2.05. The maximum Gasteiger partial charge on any atom is 0.345 e. The van der Waals surface area contributed by atoms with Gasteiger partial charge in [-0.2, -0.15) is 0 Å². The number of hydrogen-bond donors (Lipinski definition) is 1. The van der Waals surface area contributed by atoms with Gasteiger partial charge in [-0.15, -0.1) is 0 Å². The number of benzene rings is 2. The highest BCUT2D eigenvalue weighted by Crippen LogP contribution is 2.35. The monoisotopic (exact) mass is 406 g/mol. The lowest BCUT2D eigenvalue weighted by Gasteiger charge is -2.12. The molecule has 0 atom stereocenters. The summed E-state index contributed by atoms with van der Waals surface area (Å²) in [5.74, 6) is -1.86. The predicted octanol–water partition coefficient (Wildman–Crippen LogP) is 2.61. The SMILES string of the molecule is CCOc1cc(C(=O)OCC(=O)NCc2ccc(F)cc2)c([N+](=O)[O-])cc1OC. The van der Waals surface area contributed by atoms with Crippen molar-refractivity contribution < 1.29 is 33.1 Å². The third-order valence-corrected chi connectivity index (χ3v) is 3.74. The Bertz CT molecular complexity index is 900. The van der Waals surface area contributed by atoms with Gasteiger partial charge in [0.05, 0.1) is 24.7 Å². The Labute approximate surface area is 165 Å². The van der Waals surface area contributed by atoms with Crippen LogP contribution in [0.2, 0.25) is 0 Å². The summed E-state index contributed by atoms with van der Waals surface area (Å²) in [6.07, 6.45) is 0. The Morgan fingerprint density at radius 3 is 2.45 bits per heavy atom. The maximum absolute atomic E-state index is 12.9. The van der Waals surface area contributed by atoms with Crippen LogP contribution in [-0.4, -0.2) is 37.1 Å². The van der Waals surface area contributed by atoms with Crippen molar-refractivity contribution in [3.63, 3.8) is 0 Å². The molecule has 2 aromatic rings. The zero-order chi connectivity index (χ0) is 21.4. The summed E-state index contributed by atoms with van der Waals surface area (Å²) >= 11 is 0. The number of halogens is 1. The van der Waals surface area contributed by atoms with E-state index in [0.717, 1.165) is 12.1 Å². The summed E-state index contributed by atoms with van der Waals surface area (Å²) in [5.41, 5.74) is -0.258. The summed E-state index contributed by atoms with van der Waals surface area (Å²) in [7, 11) is 1.31. The van der Waals surface area contributed by atoms with Gasteiger partial charge in [0.1, 0.15) is 11.4 Å². The second-order valence-electron chi connectivity index (χ2n) is 5.69. The minimum absolute atomic E-state index is 0.0899. The Morgan fingerprint density at radius 2 is 1.86 bits per heavy atom. The number of esters is 1. The first-order chi connectivity index (χ1) is 13.8. The number of ether oxygens (including phenoxy) is 3. The van der Waals surface area contributed by atoms with E-state index in [-0.39, 0.29) is 30.2 Å². The topological polar surface area (TPSA) is 117 Å². The third kappa shape index (κ3) is 5.89. The van der Waals surface area contributed by atoms with Crippen LogP contribution < -0.4 is 14.8 Å². The molecular weight excluding hydrogens is 387 g/mol. The second-order valence-corrected chi connectivity index (χ2v) is 5.69. The summed E-state index contributed by atoms with van der Waals surface area (Å²) in [4.78, 5) is 34.7. The van der Waals surface area contributed by atoms with E-state index in [9.17, 15) is 24.1 Å². The molecule has 0 radical (unpaired) electrons. The van der Waals surface area contributed by atoms with Crippen molar-refractivity contribution in [3.05, 3.63) is 63.5 Å². The van der Waals surface area contributed by atoms with Crippen molar-refractivity contribution in [2.45, 2.75) is 13.5 Å². The minimum Gasteiger partial charge on any atom is -0.493 e. The molecule has 0 aromatic heterocycles. The standard InChI is InChI=1S/C19H19FN2O7/c1-3-28-17-8-14(15(22(25)26)9-16(17)27-2)19(24)29-11-18(23)21-10-12-4-6-13(20)7-5-12/h4-9H,3,10-11H2,1-2H3,(H,21,23). The summed E-state index contributed by atoms with van der Waals surface area (Å²) in [6.45, 7) is 1.40. The summed E-state index contributed by atoms with van der Waals surface area (Å²) < 4.78 is 28.1. The molecule has 2 rings (SSSR count). The molecule has 0 saturated carbocycles. The molecule has 0 fully saturated rings. The number of nitro groups is 1. The first-order valence-corrected chi connectivity index (χ1v) is 8.53. The van der Waals surface area contributed by atoms with Crippen LogP contribution in [0, 0.1) is 15.9 Å². The van der Waals surface area contributed by atoms with E-state index in [2.05, 4.69) is 5.32 Å². The molecule has 0 aliphatic heterocycles. The van der Waals surface area contributed by atoms with Gasteiger partial charge in [-0.25, -0.2) is 9.18 Å². The van der Waals surface area contributed by atoms with Gasteiger partial charge in [0.15, 0.2) is 18.1 Å². The molecule has 154 valence electrons. The molecule has 29 heavy (non-hydrogen) atoms. The van der Waals surface area contributed by atoms with Gasteiger partial charge in [-0.3, -0.25) is 14.9 Å². The molecule has 0 heterocycles. The molecule has 0 aliphatic rings. The zero-order valence-corrected chi connectivity index (χ0v) is 15.8. The number of nitrogens with one attached hydrogen (secondary N) is 1. The average Bonchev–Trinajstić information content (AvgIpc) is 2.71. The van der Waals surface area contributed by atoms with Crippen molar-refractivity contribution in [1.29, 1.82) is 0 Å². The quantitative estimate of drug-likeness (QED) is 0.386. The van der Waals surface area contributed by atoms with Gasteiger partial charge in [0, 0.05) is 12.6 Å². The lowest BCUT2D eigenvalue weighted by Crippen LogP contribution is -2.28. The lowest BCUT2D eigenvalue weighted by molar-refractivity contribution is -0.385. The summed E-state index contributed by atoms with van der Waals surface area (Å²) in [5, 5.41) is 13.8. The molecule has 1 amide bonds. The molecule has 0 saturated heterocycles. The van der Waals surface area contributed by atoms with Crippen LogP contribution in [0.1, 0.15) is 22.8 Å². The van der Waals surface area contributed by atoms with E-state index in [4.69, 9.17) is 14.2 Å². The zero-order valence-electron chi connectivity index (χ0n) is 15.8. The molecule has 2 aromatic carbocycles. The first-order valence-electron chi connectivity index (χ1n) is 8.53. The van der Waals surface area contributed by atoms with Crippen LogP contribution in [0.4, 0.5) is 10.1 Å². The fourth-order valence-corrected chi connectivity index (χ4v) is 2.35. The van der Waals surface area contributed by atoms with Crippen molar-refractivity contribution in [2.24, 2.45) is 0 Å². The number of methoxy groups -OCH3 is 1. The number of rotatable bonds is 9. The number of amides is 1. The molecule has 10 heteroatoms. The van der Waals surface area contributed by atoms with Crippen LogP contribution in [0.25, 0.3) is 0 Å². The van der Waals surface area contributed by atoms with Crippen LogP contribution in [0.15, 0.2) is 36.4 Å². The average molecular weight is 406 g/mol. The van der Waals surface area contributed by atoms with Crippen LogP contribution in [0.5, 0.6) is 11.5 Å². The first kappa shape index (κ1) is 21.6. The lowest BCUT2D eigenvalue weighted by atomic mass is 10.1. The highest BCUT2D eigenvalue weighted by atomic mass is 19.1. The number of carbonyl (C=O) groups is 2. The fraction of sp³-hybridized carbons (Fsp3) is 0.263. The van der Waals surface area contributed by atoms with Crippen molar-refractivity contribution >= 4 is 17.6 Å². The van der Waals surface area contributed by atoms with E-state index in [1.165, 1.54) is 31.4 Å². The number of nitrogens with zero attached hydrogens (tertiary/aromatic N) is 1. The largest absolute Gasteiger partial charge is 0.493 e. The number of hydrogen-bond acceptors (Lipinski definition) is 7. The van der Waals surface area contributed by atoms with Gasteiger partial charge in [-0.1, -0.05) is 12.1 Å². The normalized spacial score (nSPS) is 10.2. The van der Waals surface area contributed by atoms with Crippen molar-refractivity contribution in [2.75, 3.05) is 20.3 Å².